The van der Waals surface area contributed by atoms with Gasteiger partial charge in [-0.05, 0) is 81.1 Å². The fourth-order valence-corrected chi connectivity index (χ4v) is 6.38. The van der Waals surface area contributed by atoms with Gasteiger partial charge < -0.3 is 24.5 Å². The number of carbonyl (C=O) groups excluding carboxylic acids is 1. The number of amides is 1. The fraction of sp³-hybridized carbons (Fsp3) is 0.270. The minimum Gasteiger partial charge on any atom is -0.487 e. The highest BCUT2D eigenvalue weighted by Gasteiger charge is 2.29. The van der Waals surface area contributed by atoms with Crippen LogP contribution >= 0.6 is 0 Å². The third-order valence-corrected chi connectivity index (χ3v) is 9.02. The number of aromatic nitrogens is 1. The van der Waals surface area contributed by atoms with Gasteiger partial charge in [0.25, 0.3) is 10.0 Å². The fourth-order valence-electron chi connectivity index (χ4n) is 5.31. The van der Waals surface area contributed by atoms with Crippen LogP contribution in [-0.4, -0.2) is 47.7 Å². The van der Waals surface area contributed by atoms with Crippen molar-refractivity contribution in [2.75, 3.05) is 11.3 Å². The first-order chi connectivity index (χ1) is 22.4. The summed E-state index contributed by atoms with van der Waals surface area (Å²) < 4.78 is 40.2. The van der Waals surface area contributed by atoms with Gasteiger partial charge in [0, 0.05) is 23.3 Å². The summed E-state index contributed by atoms with van der Waals surface area (Å²) in [6.45, 7) is 7.66. The number of ether oxygens (including phenoxy) is 2. The molecule has 0 saturated heterocycles. The number of rotatable bonds is 12. The van der Waals surface area contributed by atoms with Gasteiger partial charge in [-0.1, -0.05) is 72.8 Å². The van der Waals surface area contributed by atoms with E-state index in [0.29, 0.717) is 24.3 Å². The van der Waals surface area contributed by atoms with Crippen molar-refractivity contribution in [2.24, 2.45) is 0 Å². The molecule has 0 unspecified atom stereocenters. The molecule has 0 fully saturated rings. The second-order valence-corrected chi connectivity index (χ2v) is 14.2. The van der Waals surface area contributed by atoms with Crippen LogP contribution in [0.25, 0.3) is 10.9 Å². The van der Waals surface area contributed by atoms with Crippen LogP contribution in [0.4, 0.5) is 10.5 Å². The summed E-state index contributed by atoms with van der Waals surface area (Å²) in [5, 5.41) is 12.3. The average molecular weight is 656 g/mol. The Morgan fingerprint density at radius 2 is 1.62 bits per heavy atom. The summed E-state index contributed by atoms with van der Waals surface area (Å²) in [6.07, 6.45) is 0.719. The number of hydrogen-bond acceptors (Lipinski definition) is 6. The molecule has 0 spiro atoms. The summed E-state index contributed by atoms with van der Waals surface area (Å²) in [6, 6.07) is 30.0. The average Bonchev–Trinajstić information content (AvgIpc) is 3.45. The van der Waals surface area contributed by atoms with Crippen molar-refractivity contribution < 1.29 is 27.8 Å². The number of aliphatic hydroxyl groups is 1. The van der Waals surface area contributed by atoms with Crippen molar-refractivity contribution in [3.8, 4) is 5.75 Å². The number of fused-ring (bicyclic) bond motifs is 1. The molecule has 2 atom stereocenters. The van der Waals surface area contributed by atoms with Gasteiger partial charge in [0.05, 0.1) is 23.1 Å². The molecule has 0 aliphatic carbocycles. The maximum absolute atomic E-state index is 13.5. The van der Waals surface area contributed by atoms with Crippen molar-refractivity contribution in [3.05, 3.63) is 126 Å². The zero-order chi connectivity index (χ0) is 33.6. The highest BCUT2D eigenvalue weighted by molar-refractivity contribution is 7.92. The minimum atomic E-state index is -3.82. The number of para-hydroxylation sites is 1. The van der Waals surface area contributed by atoms with Crippen LogP contribution in [0, 0.1) is 0 Å². The summed E-state index contributed by atoms with van der Waals surface area (Å²) in [5.41, 5.74) is 2.91. The van der Waals surface area contributed by atoms with E-state index in [0.717, 1.165) is 27.8 Å². The first kappa shape index (κ1) is 33.6. The second-order valence-electron chi connectivity index (χ2n) is 12.5. The van der Waals surface area contributed by atoms with E-state index in [1.165, 1.54) is 17.0 Å². The van der Waals surface area contributed by atoms with Crippen LogP contribution in [-0.2, 0) is 27.8 Å². The molecule has 5 aromatic rings. The Hall–Kier alpha value is -4.80. The van der Waals surface area contributed by atoms with E-state index in [1.807, 2.05) is 61.7 Å². The van der Waals surface area contributed by atoms with E-state index in [2.05, 4.69) is 9.71 Å². The van der Waals surface area contributed by atoms with Gasteiger partial charge in [-0.3, -0.25) is 4.72 Å². The van der Waals surface area contributed by atoms with E-state index in [9.17, 15) is 18.3 Å². The number of H-pyrrole nitrogens is 1. The number of aliphatic hydroxyl groups excluding tert-OH is 1. The lowest BCUT2D eigenvalue weighted by Gasteiger charge is -2.33. The predicted octanol–water partition coefficient (Wildman–Crippen LogP) is 7.45. The first-order valence-electron chi connectivity index (χ1n) is 15.5. The number of nitrogens with one attached hydrogen (secondary N) is 2. The van der Waals surface area contributed by atoms with E-state index in [4.69, 9.17) is 9.47 Å². The molecule has 4 aromatic carbocycles. The highest BCUT2D eigenvalue weighted by atomic mass is 32.2. The first-order valence-corrected chi connectivity index (χ1v) is 17.0. The SMILES string of the molecule is C[C@H](Cc1c[nH]c2c(OCc3ccccc3)cccc12)N(C[C@H](O)c1cccc(NS(=O)(=O)c2ccccc2)c1)C(=O)OC(C)(C)C. The molecule has 1 amide bonds. The van der Waals surface area contributed by atoms with Crippen molar-refractivity contribution in [1.82, 2.24) is 9.88 Å². The molecule has 1 heterocycles. The molecule has 0 radical (unpaired) electrons. The third kappa shape index (κ3) is 8.72. The molecule has 1 aromatic heterocycles. The summed E-state index contributed by atoms with van der Waals surface area (Å²) in [7, 11) is -3.82. The van der Waals surface area contributed by atoms with Crippen molar-refractivity contribution in [1.29, 1.82) is 0 Å². The summed E-state index contributed by atoms with van der Waals surface area (Å²) in [4.78, 5) is 18.5. The molecule has 0 aliphatic rings. The Balaban J connectivity index is 1.34. The Morgan fingerprint density at radius 1 is 0.936 bits per heavy atom. The molecule has 0 saturated carbocycles. The lowest BCUT2D eigenvalue weighted by molar-refractivity contribution is 0.00550. The van der Waals surface area contributed by atoms with Crippen molar-refractivity contribution in [2.45, 2.75) is 63.4 Å². The van der Waals surface area contributed by atoms with Gasteiger partial charge >= 0.3 is 6.09 Å². The monoisotopic (exact) mass is 655 g/mol. The van der Waals surface area contributed by atoms with Gasteiger partial charge in [-0.2, -0.15) is 0 Å². The van der Waals surface area contributed by atoms with Gasteiger partial charge in [-0.25, -0.2) is 13.2 Å². The molecule has 0 aliphatic heterocycles. The van der Waals surface area contributed by atoms with E-state index >= 15 is 0 Å². The summed E-state index contributed by atoms with van der Waals surface area (Å²) in [5.74, 6) is 0.729. The maximum atomic E-state index is 13.5. The van der Waals surface area contributed by atoms with Crippen LogP contribution in [0.1, 0.15) is 50.5 Å². The topological polar surface area (TPSA) is 121 Å². The van der Waals surface area contributed by atoms with Crippen LogP contribution in [0.2, 0.25) is 0 Å². The normalized spacial score (nSPS) is 13.1. The molecule has 47 heavy (non-hydrogen) atoms. The van der Waals surface area contributed by atoms with E-state index in [1.54, 1.807) is 63.2 Å². The number of aromatic amines is 1. The number of benzene rings is 4. The molecule has 10 heteroatoms. The van der Waals surface area contributed by atoms with Crippen LogP contribution < -0.4 is 9.46 Å². The molecule has 0 bridgehead atoms. The standard InChI is InChI=1S/C37H41N3O6S/c1-26(21-29-23-38-35-32(29)19-12-20-34(35)45-25-27-13-7-5-8-14-27)40(36(42)46-37(2,3)4)24-33(41)28-15-11-16-30(22-28)39-47(43,44)31-17-9-6-10-18-31/h5-20,22-23,26,33,38-39,41H,21,24-25H2,1-4H3/t26-,33+/m1/s1. The van der Waals surface area contributed by atoms with Crippen LogP contribution in [0.5, 0.6) is 5.75 Å². The smallest absolute Gasteiger partial charge is 0.410 e. The lowest BCUT2D eigenvalue weighted by Crippen LogP contribution is -2.45. The lowest BCUT2D eigenvalue weighted by atomic mass is 10.0. The zero-order valence-electron chi connectivity index (χ0n) is 27.0. The van der Waals surface area contributed by atoms with Crippen molar-refractivity contribution >= 4 is 32.7 Å². The van der Waals surface area contributed by atoms with Crippen molar-refractivity contribution in [3.63, 3.8) is 0 Å². The molecule has 5 rings (SSSR count). The quantitative estimate of drug-likeness (QED) is 0.128. The molecular weight excluding hydrogens is 614 g/mol. The number of hydrogen-bond donors (Lipinski definition) is 3. The maximum Gasteiger partial charge on any atom is 0.410 e. The number of nitrogens with zero attached hydrogens (tertiary/aromatic N) is 1. The van der Waals surface area contributed by atoms with Crippen LogP contribution in [0.3, 0.4) is 0 Å². The Labute approximate surface area is 276 Å². The largest absolute Gasteiger partial charge is 0.487 e. The molecular formula is C37H41N3O6S. The van der Waals surface area contributed by atoms with Gasteiger partial charge in [0.1, 0.15) is 18.0 Å². The highest BCUT2D eigenvalue weighted by Crippen LogP contribution is 2.30. The van der Waals surface area contributed by atoms with E-state index in [-0.39, 0.29) is 17.5 Å². The molecule has 3 N–H and O–H groups in total. The van der Waals surface area contributed by atoms with Gasteiger partial charge in [0.15, 0.2) is 0 Å². The number of carbonyl (C=O) groups is 1. The molecule has 9 nitrogen and oxygen atoms in total. The zero-order valence-corrected chi connectivity index (χ0v) is 27.8. The van der Waals surface area contributed by atoms with Crippen LogP contribution in [0.15, 0.2) is 114 Å². The van der Waals surface area contributed by atoms with E-state index < -0.39 is 27.8 Å². The second kappa shape index (κ2) is 14.3. The predicted molar refractivity (Wildman–Crippen MR) is 184 cm³/mol. The Kier molecular flexibility index (Phi) is 10.2. The Morgan fingerprint density at radius 3 is 2.32 bits per heavy atom. The van der Waals surface area contributed by atoms with Gasteiger partial charge in [-0.15, -0.1) is 0 Å². The minimum absolute atomic E-state index is 0.0707. The Bertz CT molecular complexity index is 1900. The molecule has 246 valence electrons. The summed E-state index contributed by atoms with van der Waals surface area (Å²) >= 11 is 0. The number of anilines is 1. The third-order valence-electron chi connectivity index (χ3n) is 7.62. The van der Waals surface area contributed by atoms with Gasteiger partial charge in [0.2, 0.25) is 0 Å². The number of sulfonamides is 1.